The van der Waals surface area contributed by atoms with Gasteiger partial charge in [0.25, 0.3) is 0 Å². The van der Waals surface area contributed by atoms with Crippen molar-refractivity contribution in [1.29, 1.82) is 0 Å². The molecule has 0 aromatic heterocycles. The molecule has 26 heavy (non-hydrogen) atoms. The van der Waals surface area contributed by atoms with Gasteiger partial charge in [-0.15, -0.1) is 0 Å². The lowest BCUT2D eigenvalue weighted by Gasteiger charge is -2.31. The van der Waals surface area contributed by atoms with E-state index in [1.54, 1.807) is 24.4 Å². The van der Waals surface area contributed by atoms with E-state index in [1.807, 2.05) is 37.3 Å². The van der Waals surface area contributed by atoms with E-state index in [0.717, 1.165) is 11.1 Å². The number of nitrogens with zero attached hydrogens (tertiary/aromatic N) is 1. The van der Waals surface area contributed by atoms with Gasteiger partial charge in [0.1, 0.15) is 5.82 Å². The van der Waals surface area contributed by atoms with Crippen LogP contribution in [0.2, 0.25) is 0 Å². The lowest BCUT2D eigenvalue weighted by Crippen LogP contribution is -2.44. The summed E-state index contributed by atoms with van der Waals surface area (Å²) in [6, 6.07) is 14.5. The molecule has 4 nitrogen and oxygen atoms in total. The van der Waals surface area contributed by atoms with E-state index in [2.05, 4.69) is 5.32 Å². The van der Waals surface area contributed by atoms with Crippen LogP contribution in [0.4, 0.5) is 9.18 Å². The van der Waals surface area contributed by atoms with Gasteiger partial charge in [0, 0.05) is 18.3 Å². The summed E-state index contributed by atoms with van der Waals surface area (Å²) >= 11 is 0. The van der Waals surface area contributed by atoms with Gasteiger partial charge in [0.15, 0.2) is 5.78 Å². The van der Waals surface area contributed by atoms with E-state index in [9.17, 15) is 14.0 Å². The summed E-state index contributed by atoms with van der Waals surface area (Å²) in [6.45, 7) is 2.31. The Hall–Kier alpha value is -3.21. The van der Waals surface area contributed by atoms with E-state index in [4.69, 9.17) is 0 Å². The lowest BCUT2D eigenvalue weighted by molar-refractivity contribution is -0.111. The maximum absolute atomic E-state index is 13.0. The SMILES string of the molecule is CCN1C=C(C(=O)/C=C/c2ccc(F)cc2)[C@H](c2ccccc2)NC1=O. The van der Waals surface area contributed by atoms with Crippen molar-refractivity contribution in [2.75, 3.05) is 6.54 Å². The van der Waals surface area contributed by atoms with Gasteiger partial charge in [-0.25, -0.2) is 9.18 Å². The Kier molecular flexibility index (Phi) is 5.27. The molecule has 0 fully saturated rings. The molecule has 5 heteroatoms. The van der Waals surface area contributed by atoms with Gasteiger partial charge in [-0.2, -0.15) is 0 Å². The molecule has 1 aliphatic heterocycles. The molecule has 1 atom stereocenters. The van der Waals surface area contributed by atoms with Gasteiger partial charge in [-0.05, 0) is 36.3 Å². The third-order valence-electron chi connectivity index (χ3n) is 4.19. The average Bonchev–Trinajstić information content (AvgIpc) is 2.67. The number of nitrogens with one attached hydrogen (secondary N) is 1. The first kappa shape index (κ1) is 17.6. The van der Waals surface area contributed by atoms with Gasteiger partial charge in [0.2, 0.25) is 0 Å². The smallest absolute Gasteiger partial charge is 0.322 e. The first-order chi connectivity index (χ1) is 12.6. The second kappa shape index (κ2) is 7.78. The summed E-state index contributed by atoms with van der Waals surface area (Å²) in [4.78, 5) is 26.4. The van der Waals surface area contributed by atoms with Gasteiger partial charge in [0.05, 0.1) is 6.04 Å². The van der Waals surface area contributed by atoms with Crippen molar-refractivity contribution in [3.05, 3.63) is 89.4 Å². The maximum Gasteiger partial charge on any atom is 0.322 e. The Morgan fingerprint density at radius 2 is 1.85 bits per heavy atom. The third-order valence-corrected chi connectivity index (χ3v) is 4.19. The first-order valence-corrected chi connectivity index (χ1v) is 8.40. The minimum Gasteiger partial charge on any atom is -0.327 e. The molecule has 1 aliphatic rings. The van der Waals surface area contributed by atoms with Crippen molar-refractivity contribution in [3.8, 4) is 0 Å². The van der Waals surface area contributed by atoms with Crippen LogP contribution in [0.1, 0.15) is 24.1 Å². The highest BCUT2D eigenvalue weighted by Gasteiger charge is 2.30. The summed E-state index contributed by atoms with van der Waals surface area (Å²) < 4.78 is 13.0. The van der Waals surface area contributed by atoms with Gasteiger partial charge < -0.3 is 10.2 Å². The minimum absolute atomic E-state index is 0.207. The molecule has 0 spiro atoms. The van der Waals surface area contributed by atoms with Crippen molar-refractivity contribution in [3.63, 3.8) is 0 Å². The zero-order chi connectivity index (χ0) is 18.5. The molecule has 2 amide bonds. The molecule has 0 aliphatic carbocycles. The van der Waals surface area contributed by atoms with Gasteiger partial charge >= 0.3 is 6.03 Å². The number of ketones is 1. The summed E-state index contributed by atoms with van der Waals surface area (Å²) in [5.74, 6) is -0.532. The largest absolute Gasteiger partial charge is 0.327 e. The van der Waals surface area contributed by atoms with Crippen LogP contribution in [0.3, 0.4) is 0 Å². The number of urea groups is 1. The van der Waals surface area contributed by atoms with E-state index in [-0.39, 0.29) is 17.6 Å². The van der Waals surface area contributed by atoms with Crippen molar-refractivity contribution in [2.24, 2.45) is 0 Å². The van der Waals surface area contributed by atoms with Gasteiger partial charge in [-0.3, -0.25) is 4.79 Å². The molecular weight excluding hydrogens is 331 g/mol. The molecule has 2 aromatic rings. The van der Waals surface area contributed by atoms with Crippen LogP contribution < -0.4 is 5.32 Å². The highest BCUT2D eigenvalue weighted by molar-refractivity contribution is 6.08. The first-order valence-electron chi connectivity index (χ1n) is 8.40. The average molecular weight is 350 g/mol. The number of allylic oxidation sites excluding steroid dienone is 1. The zero-order valence-electron chi connectivity index (χ0n) is 14.4. The molecule has 2 aromatic carbocycles. The van der Waals surface area contributed by atoms with Crippen molar-refractivity contribution >= 4 is 17.9 Å². The fraction of sp³-hybridized carbons (Fsp3) is 0.143. The molecule has 0 radical (unpaired) electrons. The Bertz CT molecular complexity index is 857. The van der Waals surface area contributed by atoms with Crippen LogP contribution in [0, 0.1) is 5.82 Å². The summed E-state index contributed by atoms with van der Waals surface area (Å²) in [5.41, 5.74) is 2.05. The molecule has 3 rings (SSSR count). The second-order valence-corrected chi connectivity index (χ2v) is 5.91. The van der Waals surface area contributed by atoms with Crippen LogP contribution in [0.25, 0.3) is 6.08 Å². The number of hydrogen-bond donors (Lipinski definition) is 1. The number of hydrogen-bond acceptors (Lipinski definition) is 2. The Balaban J connectivity index is 1.90. The molecule has 132 valence electrons. The van der Waals surface area contributed by atoms with E-state index >= 15 is 0 Å². The lowest BCUT2D eigenvalue weighted by atomic mass is 9.94. The third kappa shape index (κ3) is 3.88. The number of rotatable bonds is 5. The number of carbonyl (C=O) groups is 2. The van der Waals surface area contributed by atoms with Crippen molar-refractivity contribution < 1.29 is 14.0 Å². The van der Waals surface area contributed by atoms with Crippen molar-refractivity contribution in [2.45, 2.75) is 13.0 Å². The molecule has 1 N–H and O–H groups in total. The molecule has 0 unspecified atom stereocenters. The number of amides is 2. The fourth-order valence-corrected chi connectivity index (χ4v) is 2.78. The van der Waals surface area contributed by atoms with E-state index in [1.165, 1.54) is 23.1 Å². The van der Waals surface area contributed by atoms with Crippen LogP contribution in [0.15, 0.2) is 72.4 Å². The molecule has 1 heterocycles. The number of halogens is 1. The fourth-order valence-electron chi connectivity index (χ4n) is 2.78. The minimum atomic E-state index is -0.503. The topological polar surface area (TPSA) is 49.4 Å². The van der Waals surface area contributed by atoms with E-state index in [0.29, 0.717) is 12.1 Å². The quantitative estimate of drug-likeness (QED) is 0.826. The normalized spacial score (nSPS) is 17.2. The second-order valence-electron chi connectivity index (χ2n) is 5.91. The predicted molar refractivity (Wildman–Crippen MR) is 98.6 cm³/mol. The van der Waals surface area contributed by atoms with Gasteiger partial charge in [-0.1, -0.05) is 48.5 Å². The molecule has 0 saturated carbocycles. The zero-order valence-corrected chi connectivity index (χ0v) is 14.4. The summed E-state index contributed by atoms with van der Waals surface area (Å²) in [6.07, 6.45) is 4.69. The standard InChI is InChI=1S/C21H19FN2O2/c1-2-24-14-18(19(25)13-10-15-8-11-17(22)12-9-15)20(23-21(24)26)16-6-4-3-5-7-16/h3-14,20H,2H2,1H3,(H,23,26)/b13-10+/t20-/m0/s1. The molecular formula is C21H19FN2O2. The Morgan fingerprint density at radius 3 is 2.50 bits per heavy atom. The van der Waals surface area contributed by atoms with Crippen LogP contribution in [-0.4, -0.2) is 23.3 Å². The van der Waals surface area contributed by atoms with Crippen LogP contribution in [0.5, 0.6) is 0 Å². The van der Waals surface area contributed by atoms with Crippen molar-refractivity contribution in [1.82, 2.24) is 10.2 Å². The predicted octanol–water partition coefficient (Wildman–Crippen LogP) is 4.08. The molecule has 0 saturated heterocycles. The Morgan fingerprint density at radius 1 is 1.15 bits per heavy atom. The maximum atomic E-state index is 13.0. The summed E-state index contributed by atoms with van der Waals surface area (Å²) in [7, 11) is 0. The highest BCUT2D eigenvalue weighted by atomic mass is 19.1. The van der Waals surface area contributed by atoms with Crippen LogP contribution in [-0.2, 0) is 4.79 Å². The van der Waals surface area contributed by atoms with Crippen LogP contribution >= 0.6 is 0 Å². The van der Waals surface area contributed by atoms with E-state index < -0.39 is 6.04 Å². The molecule has 0 bridgehead atoms. The number of carbonyl (C=O) groups excluding carboxylic acids is 2. The Labute approximate surface area is 151 Å². The monoisotopic (exact) mass is 350 g/mol. The highest BCUT2D eigenvalue weighted by Crippen LogP contribution is 2.27. The number of benzene rings is 2. The summed E-state index contributed by atoms with van der Waals surface area (Å²) in [5, 5.41) is 2.88.